The number of amides is 1. The van der Waals surface area contributed by atoms with Crippen LogP contribution in [0.15, 0.2) is 41.5 Å². The molecular formula is C22H24N4O4. The fourth-order valence-electron chi connectivity index (χ4n) is 2.86. The molecule has 8 heteroatoms. The third kappa shape index (κ3) is 4.43. The lowest BCUT2D eigenvalue weighted by Crippen LogP contribution is -2.18. The van der Waals surface area contributed by atoms with E-state index in [1.54, 1.807) is 32.4 Å². The summed E-state index contributed by atoms with van der Waals surface area (Å²) in [6.45, 7) is 4.09. The molecule has 1 amide bonds. The summed E-state index contributed by atoms with van der Waals surface area (Å²) in [6.07, 6.45) is 1.47. The zero-order valence-corrected chi connectivity index (χ0v) is 17.6. The molecule has 0 unspecified atom stereocenters. The molecule has 8 nitrogen and oxygen atoms in total. The van der Waals surface area contributed by atoms with Crippen molar-refractivity contribution in [2.75, 3.05) is 21.3 Å². The van der Waals surface area contributed by atoms with Crippen molar-refractivity contribution in [2.24, 2.45) is 5.10 Å². The van der Waals surface area contributed by atoms with Crippen LogP contribution in [0.4, 0.5) is 0 Å². The normalized spacial score (nSPS) is 10.8. The Bertz CT molecular complexity index is 1090. The van der Waals surface area contributed by atoms with Crippen molar-refractivity contribution < 1.29 is 19.0 Å². The largest absolute Gasteiger partial charge is 0.496 e. The van der Waals surface area contributed by atoms with Gasteiger partial charge in [0.1, 0.15) is 11.4 Å². The van der Waals surface area contributed by atoms with Gasteiger partial charge in [-0.3, -0.25) is 9.89 Å². The van der Waals surface area contributed by atoms with Crippen molar-refractivity contribution in [2.45, 2.75) is 13.8 Å². The molecule has 1 aromatic heterocycles. The van der Waals surface area contributed by atoms with E-state index >= 15 is 0 Å². The van der Waals surface area contributed by atoms with E-state index in [9.17, 15) is 4.79 Å². The molecule has 1 heterocycles. The number of aryl methyl sites for hydroxylation is 2. The molecule has 0 saturated heterocycles. The second kappa shape index (κ2) is 9.13. The SMILES string of the molecule is COc1cc(OC)c(OC)cc1C=NNC(=O)c1cc(-c2ccc(C)c(C)c2)n[nH]1. The van der Waals surface area contributed by atoms with Crippen LogP contribution in [0.25, 0.3) is 11.3 Å². The summed E-state index contributed by atoms with van der Waals surface area (Å²) in [4.78, 5) is 12.4. The smallest absolute Gasteiger partial charge is 0.289 e. The van der Waals surface area contributed by atoms with Crippen LogP contribution in [-0.2, 0) is 0 Å². The molecular weight excluding hydrogens is 384 g/mol. The number of carbonyl (C=O) groups excluding carboxylic acids is 1. The number of hydrogen-bond donors (Lipinski definition) is 2. The maximum Gasteiger partial charge on any atom is 0.289 e. The number of nitrogens with one attached hydrogen (secondary N) is 2. The predicted molar refractivity (Wildman–Crippen MR) is 115 cm³/mol. The van der Waals surface area contributed by atoms with E-state index < -0.39 is 5.91 Å². The molecule has 0 spiro atoms. The van der Waals surface area contributed by atoms with E-state index in [0.717, 1.165) is 11.1 Å². The molecule has 0 aliphatic rings. The summed E-state index contributed by atoms with van der Waals surface area (Å²) in [6, 6.07) is 11.1. The Labute approximate surface area is 174 Å². The van der Waals surface area contributed by atoms with Crippen molar-refractivity contribution in [3.63, 3.8) is 0 Å². The van der Waals surface area contributed by atoms with Gasteiger partial charge in [0.2, 0.25) is 0 Å². The summed E-state index contributed by atoms with van der Waals surface area (Å²) in [5, 5.41) is 11.0. The summed E-state index contributed by atoms with van der Waals surface area (Å²) < 4.78 is 15.9. The number of rotatable bonds is 7. The van der Waals surface area contributed by atoms with E-state index in [4.69, 9.17) is 14.2 Å². The zero-order chi connectivity index (χ0) is 21.7. The third-order valence-corrected chi connectivity index (χ3v) is 4.73. The van der Waals surface area contributed by atoms with Gasteiger partial charge in [0.05, 0.1) is 33.2 Å². The minimum atomic E-state index is -0.409. The Kier molecular flexibility index (Phi) is 6.36. The van der Waals surface area contributed by atoms with Crippen LogP contribution < -0.4 is 19.6 Å². The lowest BCUT2D eigenvalue weighted by molar-refractivity contribution is 0.0950. The van der Waals surface area contributed by atoms with Crippen molar-refractivity contribution in [1.82, 2.24) is 15.6 Å². The summed E-state index contributed by atoms with van der Waals surface area (Å²) in [5.41, 5.74) is 7.40. The van der Waals surface area contributed by atoms with Gasteiger partial charge in [-0.1, -0.05) is 12.1 Å². The molecule has 0 radical (unpaired) electrons. The van der Waals surface area contributed by atoms with Crippen molar-refractivity contribution in [3.05, 3.63) is 58.8 Å². The number of methoxy groups -OCH3 is 3. The fourth-order valence-corrected chi connectivity index (χ4v) is 2.86. The van der Waals surface area contributed by atoms with Crippen LogP contribution in [0.2, 0.25) is 0 Å². The van der Waals surface area contributed by atoms with E-state index in [1.165, 1.54) is 18.9 Å². The maximum atomic E-state index is 12.4. The van der Waals surface area contributed by atoms with Crippen LogP contribution >= 0.6 is 0 Å². The zero-order valence-electron chi connectivity index (χ0n) is 17.6. The molecule has 156 valence electrons. The second-order valence-corrected chi connectivity index (χ2v) is 6.61. The Balaban J connectivity index is 1.74. The van der Waals surface area contributed by atoms with Gasteiger partial charge in [-0.25, -0.2) is 5.43 Å². The number of carbonyl (C=O) groups is 1. The summed E-state index contributed by atoms with van der Waals surface area (Å²) in [7, 11) is 4.62. The summed E-state index contributed by atoms with van der Waals surface area (Å²) >= 11 is 0. The van der Waals surface area contributed by atoms with E-state index in [2.05, 4.69) is 20.7 Å². The molecule has 3 rings (SSSR count). The van der Waals surface area contributed by atoms with Gasteiger partial charge >= 0.3 is 0 Å². The molecule has 0 aliphatic carbocycles. The maximum absolute atomic E-state index is 12.4. The van der Waals surface area contributed by atoms with E-state index in [-0.39, 0.29) is 0 Å². The number of aromatic nitrogens is 2. The third-order valence-electron chi connectivity index (χ3n) is 4.73. The first kappa shape index (κ1) is 20.9. The number of benzene rings is 2. The minimum Gasteiger partial charge on any atom is -0.496 e. The second-order valence-electron chi connectivity index (χ2n) is 6.61. The van der Waals surface area contributed by atoms with Gasteiger partial charge in [0.25, 0.3) is 5.91 Å². The first-order valence-corrected chi connectivity index (χ1v) is 9.23. The fraction of sp³-hybridized carbons (Fsp3) is 0.227. The molecule has 3 aromatic rings. The molecule has 0 bridgehead atoms. The number of ether oxygens (including phenoxy) is 3. The van der Waals surface area contributed by atoms with Crippen molar-refractivity contribution in [1.29, 1.82) is 0 Å². The number of H-pyrrole nitrogens is 1. The molecule has 30 heavy (non-hydrogen) atoms. The minimum absolute atomic E-state index is 0.305. The Morgan fingerprint density at radius 1 is 0.967 bits per heavy atom. The monoisotopic (exact) mass is 408 g/mol. The van der Waals surface area contributed by atoms with Crippen LogP contribution in [0.3, 0.4) is 0 Å². The van der Waals surface area contributed by atoms with Crippen LogP contribution in [0, 0.1) is 13.8 Å². The van der Waals surface area contributed by atoms with Crippen LogP contribution in [-0.4, -0.2) is 43.6 Å². The number of hydrogen-bond acceptors (Lipinski definition) is 6. The Morgan fingerprint density at radius 2 is 1.67 bits per heavy atom. The highest BCUT2D eigenvalue weighted by molar-refractivity contribution is 5.94. The predicted octanol–water partition coefficient (Wildman–Crippen LogP) is 3.48. The van der Waals surface area contributed by atoms with Gasteiger partial charge in [-0.15, -0.1) is 0 Å². The van der Waals surface area contributed by atoms with Crippen LogP contribution in [0.5, 0.6) is 17.2 Å². The number of aromatic amines is 1. The Morgan fingerprint density at radius 3 is 2.33 bits per heavy atom. The molecule has 0 atom stereocenters. The van der Waals surface area contributed by atoms with Gasteiger partial charge in [-0.2, -0.15) is 10.2 Å². The standard InChI is InChI=1S/C22H24N4O4/c1-13-6-7-15(8-14(13)2)17-10-18(25-24-17)22(27)26-23-12-16-9-20(29-4)21(30-5)11-19(16)28-3/h6-12H,1-5H3,(H,24,25)(H,26,27). The summed E-state index contributed by atoms with van der Waals surface area (Å²) in [5.74, 6) is 1.18. The molecule has 0 fully saturated rings. The molecule has 2 aromatic carbocycles. The molecule has 0 saturated carbocycles. The first-order chi connectivity index (χ1) is 14.5. The molecule has 2 N–H and O–H groups in total. The van der Waals surface area contributed by atoms with Gasteiger partial charge < -0.3 is 14.2 Å². The number of hydrazone groups is 1. The number of nitrogens with zero attached hydrogens (tertiary/aromatic N) is 2. The van der Waals surface area contributed by atoms with Gasteiger partial charge in [0, 0.05) is 17.2 Å². The average Bonchev–Trinajstić information content (AvgIpc) is 3.25. The average molecular weight is 408 g/mol. The highest BCUT2D eigenvalue weighted by Gasteiger charge is 2.12. The van der Waals surface area contributed by atoms with Crippen LogP contribution in [0.1, 0.15) is 27.2 Å². The lowest BCUT2D eigenvalue weighted by Gasteiger charge is -2.11. The van der Waals surface area contributed by atoms with E-state index in [1.807, 2.05) is 32.0 Å². The Hall–Kier alpha value is -3.81. The topological polar surface area (TPSA) is 97.8 Å². The first-order valence-electron chi connectivity index (χ1n) is 9.23. The highest BCUT2D eigenvalue weighted by Crippen LogP contribution is 2.33. The highest BCUT2D eigenvalue weighted by atomic mass is 16.5. The molecule has 0 aliphatic heterocycles. The van der Waals surface area contributed by atoms with E-state index in [0.29, 0.717) is 34.2 Å². The van der Waals surface area contributed by atoms with Gasteiger partial charge in [0.15, 0.2) is 11.5 Å². The lowest BCUT2D eigenvalue weighted by atomic mass is 10.0. The van der Waals surface area contributed by atoms with Crippen molar-refractivity contribution >= 4 is 12.1 Å². The quantitative estimate of drug-likeness (QED) is 0.461. The van der Waals surface area contributed by atoms with Gasteiger partial charge in [-0.05, 0) is 43.2 Å². The van der Waals surface area contributed by atoms with Crippen molar-refractivity contribution in [3.8, 4) is 28.5 Å².